The van der Waals surface area contributed by atoms with Crippen molar-refractivity contribution in [1.29, 1.82) is 0 Å². The van der Waals surface area contributed by atoms with Gasteiger partial charge < -0.3 is 14.9 Å². The number of aliphatic hydroxyl groups excluding tert-OH is 1. The quantitative estimate of drug-likeness (QED) is 0.832. The van der Waals surface area contributed by atoms with Crippen LogP contribution in [0.4, 0.5) is 0 Å². The maximum absolute atomic E-state index is 12.3. The smallest absolute Gasteiger partial charge is 0.246 e. The fraction of sp³-hybridized carbons (Fsp3) is 0.444. The molecular formula is C18H24N2O3. The first-order chi connectivity index (χ1) is 11.1. The second-order valence-corrected chi connectivity index (χ2v) is 5.99. The molecule has 0 aliphatic carbocycles. The number of carbonyl (C=O) groups is 2. The molecule has 1 aliphatic heterocycles. The predicted octanol–water partition coefficient (Wildman–Crippen LogP) is 1.26. The molecule has 124 valence electrons. The average Bonchev–Trinajstić information content (AvgIpc) is 2.60. The summed E-state index contributed by atoms with van der Waals surface area (Å²) in [5.41, 5.74) is 1.21. The number of hydrogen-bond acceptors (Lipinski definition) is 3. The van der Waals surface area contributed by atoms with Crippen molar-refractivity contribution in [3.63, 3.8) is 0 Å². The van der Waals surface area contributed by atoms with Crippen LogP contribution in [0.1, 0.15) is 17.9 Å². The summed E-state index contributed by atoms with van der Waals surface area (Å²) in [6.07, 6.45) is 2.02. The number of nitrogens with zero attached hydrogens (tertiary/aromatic N) is 2. The largest absolute Gasteiger partial charge is 0.396 e. The van der Waals surface area contributed by atoms with Gasteiger partial charge in [0.05, 0.1) is 6.54 Å². The fourth-order valence-electron chi connectivity index (χ4n) is 3.12. The highest BCUT2D eigenvalue weighted by Gasteiger charge is 2.32. The van der Waals surface area contributed by atoms with E-state index in [0.29, 0.717) is 13.1 Å². The molecule has 23 heavy (non-hydrogen) atoms. The Hall–Kier alpha value is -2.14. The van der Waals surface area contributed by atoms with Gasteiger partial charge in [-0.3, -0.25) is 9.59 Å². The Morgan fingerprint density at radius 1 is 1.39 bits per heavy atom. The predicted molar refractivity (Wildman–Crippen MR) is 88.8 cm³/mol. The zero-order valence-corrected chi connectivity index (χ0v) is 13.5. The van der Waals surface area contributed by atoms with Crippen LogP contribution < -0.4 is 0 Å². The minimum absolute atomic E-state index is 0.0236. The summed E-state index contributed by atoms with van der Waals surface area (Å²) in [7, 11) is 1.59. The molecule has 1 heterocycles. The van der Waals surface area contributed by atoms with Crippen LogP contribution in [0.2, 0.25) is 0 Å². The van der Waals surface area contributed by atoms with Crippen molar-refractivity contribution >= 4 is 11.8 Å². The van der Waals surface area contributed by atoms with Crippen molar-refractivity contribution in [2.24, 2.45) is 5.92 Å². The van der Waals surface area contributed by atoms with E-state index in [1.165, 1.54) is 16.5 Å². The van der Waals surface area contributed by atoms with Crippen molar-refractivity contribution < 1.29 is 14.7 Å². The molecule has 0 spiro atoms. The number of piperidine rings is 1. The second kappa shape index (κ2) is 7.92. The molecule has 1 fully saturated rings. The van der Waals surface area contributed by atoms with E-state index in [1.807, 2.05) is 18.2 Å². The fourth-order valence-corrected chi connectivity index (χ4v) is 3.12. The Bertz CT molecular complexity index is 559. The highest BCUT2D eigenvalue weighted by atomic mass is 16.3. The van der Waals surface area contributed by atoms with Gasteiger partial charge in [0, 0.05) is 32.7 Å². The topological polar surface area (TPSA) is 60.9 Å². The third-order valence-corrected chi connectivity index (χ3v) is 4.47. The Balaban J connectivity index is 1.99. The Kier molecular flexibility index (Phi) is 5.93. The summed E-state index contributed by atoms with van der Waals surface area (Å²) in [6, 6.07) is 10.1. The van der Waals surface area contributed by atoms with Gasteiger partial charge >= 0.3 is 0 Å². The van der Waals surface area contributed by atoms with Crippen LogP contribution in [0.3, 0.4) is 0 Å². The molecule has 0 radical (unpaired) electrons. The summed E-state index contributed by atoms with van der Waals surface area (Å²) >= 11 is 0. The van der Waals surface area contributed by atoms with Crippen molar-refractivity contribution in [2.75, 3.05) is 33.3 Å². The van der Waals surface area contributed by atoms with Gasteiger partial charge in [0.1, 0.15) is 0 Å². The average molecular weight is 316 g/mol. The van der Waals surface area contributed by atoms with Crippen LogP contribution in [-0.2, 0) is 9.59 Å². The van der Waals surface area contributed by atoms with Crippen molar-refractivity contribution in [3.8, 4) is 0 Å². The zero-order chi connectivity index (χ0) is 16.8. The van der Waals surface area contributed by atoms with Crippen LogP contribution in [0.5, 0.6) is 0 Å². The van der Waals surface area contributed by atoms with Gasteiger partial charge in [0.25, 0.3) is 0 Å². The number of benzene rings is 1. The lowest BCUT2D eigenvalue weighted by atomic mass is 9.81. The van der Waals surface area contributed by atoms with E-state index in [2.05, 4.69) is 18.7 Å². The summed E-state index contributed by atoms with van der Waals surface area (Å²) < 4.78 is 0. The molecule has 1 aromatic rings. The Morgan fingerprint density at radius 3 is 2.70 bits per heavy atom. The van der Waals surface area contributed by atoms with Crippen molar-refractivity contribution in [3.05, 3.63) is 48.6 Å². The van der Waals surface area contributed by atoms with Gasteiger partial charge in [-0.2, -0.15) is 0 Å². The molecule has 0 unspecified atom stereocenters. The van der Waals surface area contributed by atoms with E-state index >= 15 is 0 Å². The molecule has 5 heteroatoms. The lowest BCUT2D eigenvalue weighted by molar-refractivity contribution is -0.139. The maximum Gasteiger partial charge on any atom is 0.246 e. The number of likely N-dealkylation sites (N-methyl/N-ethyl adjacent to an activating group) is 1. The standard InChI is InChI=1S/C18H24N2O3/c1-3-17(22)19(2)12-18(23)20-10-9-16(15(11-20)13-21)14-7-5-4-6-8-14/h3-8,15-16,21H,1,9-13H2,2H3/t15-,16+/m0/s1. The van der Waals surface area contributed by atoms with Gasteiger partial charge in [0.2, 0.25) is 11.8 Å². The summed E-state index contributed by atoms with van der Waals surface area (Å²) in [4.78, 5) is 26.9. The molecule has 5 nitrogen and oxygen atoms in total. The molecule has 1 N–H and O–H groups in total. The second-order valence-electron chi connectivity index (χ2n) is 5.99. The number of rotatable bonds is 5. The minimum atomic E-state index is -0.267. The van der Waals surface area contributed by atoms with E-state index < -0.39 is 0 Å². The molecule has 1 saturated heterocycles. The molecule has 0 saturated carbocycles. The van der Waals surface area contributed by atoms with E-state index in [-0.39, 0.29) is 36.8 Å². The molecule has 2 amide bonds. The third kappa shape index (κ3) is 4.20. The van der Waals surface area contributed by atoms with E-state index in [0.717, 1.165) is 6.42 Å². The Morgan fingerprint density at radius 2 is 2.09 bits per heavy atom. The van der Waals surface area contributed by atoms with Gasteiger partial charge in [-0.05, 0) is 24.0 Å². The van der Waals surface area contributed by atoms with Gasteiger partial charge in [-0.1, -0.05) is 36.9 Å². The van der Waals surface area contributed by atoms with Crippen LogP contribution >= 0.6 is 0 Å². The summed E-state index contributed by atoms with van der Waals surface area (Å²) in [5.74, 6) is -0.0720. The minimum Gasteiger partial charge on any atom is -0.396 e. The highest BCUT2D eigenvalue weighted by molar-refractivity contribution is 5.90. The van der Waals surface area contributed by atoms with E-state index in [4.69, 9.17) is 0 Å². The summed E-state index contributed by atoms with van der Waals surface area (Å²) in [5, 5.41) is 9.71. The molecular weight excluding hydrogens is 292 g/mol. The highest BCUT2D eigenvalue weighted by Crippen LogP contribution is 2.32. The molecule has 0 aromatic heterocycles. The van der Waals surface area contributed by atoms with Crippen LogP contribution in [0.25, 0.3) is 0 Å². The van der Waals surface area contributed by atoms with Crippen LogP contribution in [0, 0.1) is 5.92 Å². The first kappa shape index (κ1) is 17.2. The SMILES string of the molecule is C=CC(=O)N(C)CC(=O)N1CC[C@H](c2ccccc2)[C@H](CO)C1. The van der Waals surface area contributed by atoms with E-state index in [9.17, 15) is 14.7 Å². The normalized spacial score (nSPS) is 20.9. The lowest BCUT2D eigenvalue weighted by Crippen LogP contribution is -2.48. The third-order valence-electron chi connectivity index (χ3n) is 4.47. The zero-order valence-electron chi connectivity index (χ0n) is 13.5. The van der Waals surface area contributed by atoms with Crippen LogP contribution in [-0.4, -0.2) is 60.0 Å². The Labute approximate surface area is 137 Å². The summed E-state index contributed by atoms with van der Waals surface area (Å²) in [6.45, 7) is 4.67. The molecule has 0 bridgehead atoms. The van der Waals surface area contributed by atoms with Gasteiger partial charge in [0.15, 0.2) is 0 Å². The van der Waals surface area contributed by atoms with Crippen molar-refractivity contribution in [2.45, 2.75) is 12.3 Å². The van der Waals surface area contributed by atoms with Gasteiger partial charge in [-0.15, -0.1) is 0 Å². The molecule has 2 rings (SSSR count). The first-order valence-electron chi connectivity index (χ1n) is 7.88. The number of carbonyl (C=O) groups excluding carboxylic acids is 2. The lowest BCUT2D eigenvalue weighted by Gasteiger charge is -2.38. The number of likely N-dealkylation sites (tertiary alicyclic amines) is 1. The number of amides is 2. The number of hydrogen-bond donors (Lipinski definition) is 1. The molecule has 1 aliphatic rings. The van der Waals surface area contributed by atoms with Crippen LogP contribution in [0.15, 0.2) is 43.0 Å². The monoisotopic (exact) mass is 316 g/mol. The maximum atomic E-state index is 12.3. The first-order valence-corrected chi connectivity index (χ1v) is 7.88. The van der Waals surface area contributed by atoms with Crippen molar-refractivity contribution in [1.82, 2.24) is 9.80 Å². The molecule has 1 aromatic carbocycles. The molecule has 2 atom stereocenters. The number of aliphatic hydroxyl groups is 1. The van der Waals surface area contributed by atoms with E-state index in [1.54, 1.807) is 11.9 Å². The van der Waals surface area contributed by atoms with Gasteiger partial charge in [-0.25, -0.2) is 0 Å².